The predicted molar refractivity (Wildman–Crippen MR) is 219 cm³/mol. The second-order valence-electron chi connectivity index (χ2n) is 14.3. The van der Waals surface area contributed by atoms with E-state index in [1.807, 2.05) is 0 Å². The summed E-state index contributed by atoms with van der Waals surface area (Å²) in [6.07, 6.45) is 4.92. The van der Waals surface area contributed by atoms with E-state index < -0.39 is 10.0 Å². The van der Waals surface area contributed by atoms with Crippen molar-refractivity contribution in [2.24, 2.45) is 0 Å². The highest BCUT2D eigenvalue weighted by Crippen LogP contribution is 2.70. The lowest BCUT2D eigenvalue weighted by atomic mass is 9.67. The van der Waals surface area contributed by atoms with Gasteiger partial charge in [0, 0.05) is 11.1 Å². The lowest BCUT2D eigenvalue weighted by Gasteiger charge is -2.49. The van der Waals surface area contributed by atoms with Crippen molar-refractivity contribution in [3.63, 3.8) is 0 Å². The largest absolute Gasteiger partial charge is 0.248 e. The first-order valence-electron chi connectivity index (χ1n) is 17.9. The van der Waals surface area contributed by atoms with Crippen LogP contribution in [0.1, 0.15) is 22.3 Å². The number of fused-ring (bicyclic) bond motifs is 9. The number of rotatable bonds is 4. The number of hydrogen-bond donors (Lipinski definition) is 0. The van der Waals surface area contributed by atoms with Crippen molar-refractivity contribution in [3.05, 3.63) is 210 Å². The number of hydrogen-bond acceptors (Lipinski definition) is 1. The average molecular weight is 684 g/mol. The van der Waals surface area contributed by atoms with Crippen LogP contribution in [0.2, 0.25) is 0 Å². The van der Waals surface area contributed by atoms with Crippen LogP contribution in [-0.4, -0.2) is 17.5 Å². The van der Waals surface area contributed by atoms with E-state index in [9.17, 15) is 0 Å². The molecule has 0 fully saturated rings. The van der Waals surface area contributed by atoms with Crippen LogP contribution in [0.25, 0.3) is 55.9 Å². The van der Waals surface area contributed by atoms with Crippen molar-refractivity contribution in [2.75, 3.05) is 12.5 Å². The van der Waals surface area contributed by atoms with E-state index in [1.54, 1.807) is 0 Å². The third kappa shape index (κ3) is 4.54. The molecule has 0 amide bonds. The van der Waals surface area contributed by atoms with Crippen LogP contribution < -0.4 is 0 Å². The Hall–Kier alpha value is -5.96. The fourth-order valence-corrected chi connectivity index (χ4v) is 11.5. The summed E-state index contributed by atoms with van der Waals surface area (Å²) < 4.78 is 0. The van der Waals surface area contributed by atoms with E-state index in [0.29, 0.717) is 0 Å². The summed E-state index contributed by atoms with van der Waals surface area (Å²) in [4.78, 5) is 8.23. The highest BCUT2D eigenvalue weighted by Gasteiger charge is 2.52. The molecule has 0 N–H and O–H groups in total. The molecule has 7 aromatic carbocycles. The molecule has 1 aromatic heterocycles. The average Bonchev–Trinajstić information content (AvgIpc) is 3.51. The Morgan fingerprint density at radius 1 is 0.346 bits per heavy atom. The van der Waals surface area contributed by atoms with Gasteiger partial charge >= 0.3 is 0 Å². The molecule has 1 spiro atoms. The summed E-state index contributed by atoms with van der Waals surface area (Å²) in [5.74, 6) is 0. The van der Waals surface area contributed by atoms with Crippen molar-refractivity contribution in [1.29, 1.82) is 0 Å². The molecule has 0 bridgehead atoms. The van der Waals surface area contributed by atoms with Gasteiger partial charge in [0.1, 0.15) is 0 Å². The Morgan fingerprint density at radius 3 is 1.54 bits per heavy atom. The smallest absolute Gasteiger partial charge is 0.0734 e. The molecule has 8 aromatic rings. The van der Waals surface area contributed by atoms with E-state index in [-0.39, 0.29) is 5.41 Å². The Morgan fingerprint density at radius 2 is 0.846 bits per heavy atom. The summed E-state index contributed by atoms with van der Waals surface area (Å²) >= 11 is 0. The maximum atomic E-state index is 5.28. The molecule has 0 atom stereocenters. The Balaban J connectivity index is 1.20. The standard InChI is InChI=1S/C50H37NS/c1-52(2)48-26-13-11-24-44(48)50(45-25-12-14-27-49(45)52)42-23-10-9-22-40(42)41-31-37(28-29-43(41)50)39-32-46(35-18-7-4-8-19-35)51-47(33-39)38-21-15-20-36(30-38)34-16-5-3-6-17-34/h3-33H,1-2H3. The highest BCUT2D eigenvalue weighted by molar-refractivity contribution is 8.32. The maximum Gasteiger partial charge on any atom is 0.0734 e. The quantitative estimate of drug-likeness (QED) is 0.180. The molecule has 1 aliphatic carbocycles. The van der Waals surface area contributed by atoms with Gasteiger partial charge in [0.05, 0.1) is 16.8 Å². The van der Waals surface area contributed by atoms with Gasteiger partial charge in [-0.3, -0.25) is 0 Å². The lowest BCUT2D eigenvalue weighted by molar-refractivity contribution is 0.718. The van der Waals surface area contributed by atoms with E-state index in [0.717, 1.165) is 28.1 Å². The van der Waals surface area contributed by atoms with Gasteiger partial charge in [0.2, 0.25) is 0 Å². The molecule has 0 radical (unpaired) electrons. The summed E-state index contributed by atoms with van der Waals surface area (Å²) in [7, 11) is -1.21. The first-order valence-corrected chi connectivity index (χ1v) is 20.4. The molecule has 248 valence electrons. The van der Waals surface area contributed by atoms with E-state index >= 15 is 0 Å². The second-order valence-corrected chi connectivity index (χ2v) is 17.8. The summed E-state index contributed by atoms with van der Waals surface area (Å²) in [6, 6.07) is 69.2. The Labute approximate surface area is 307 Å². The molecule has 2 heterocycles. The Bertz CT molecular complexity index is 2610. The van der Waals surface area contributed by atoms with Crippen LogP contribution >= 0.6 is 10.0 Å². The highest BCUT2D eigenvalue weighted by atomic mass is 32.3. The van der Waals surface area contributed by atoms with Crippen molar-refractivity contribution in [2.45, 2.75) is 15.2 Å². The number of nitrogens with zero attached hydrogens (tertiary/aromatic N) is 1. The van der Waals surface area contributed by atoms with Crippen LogP contribution in [0.5, 0.6) is 0 Å². The first kappa shape index (κ1) is 30.8. The molecule has 52 heavy (non-hydrogen) atoms. The summed E-state index contributed by atoms with van der Waals surface area (Å²) in [6.45, 7) is 0. The topological polar surface area (TPSA) is 12.9 Å². The summed E-state index contributed by atoms with van der Waals surface area (Å²) in [5, 5.41) is 0. The molecule has 1 nitrogen and oxygen atoms in total. The van der Waals surface area contributed by atoms with Gasteiger partial charge in [-0.1, -0.05) is 152 Å². The molecule has 0 saturated heterocycles. The zero-order chi connectivity index (χ0) is 34.9. The van der Waals surface area contributed by atoms with Crippen LogP contribution in [0.3, 0.4) is 0 Å². The lowest BCUT2D eigenvalue weighted by Crippen LogP contribution is -2.34. The monoisotopic (exact) mass is 683 g/mol. The number of benzene rings is 7. The minimum atomic E-state index is -1.21. The fourth-order valence-electron chi connectivity index (χ4n) is 8.84. The SMILES string of the molecule is CS1(C)c2ccccc2C2(c3ccccc3-c3cc(-c4cc(-c5ccccc5)nc(-c5cccc(-c6ccccc6)c5)c4)ccc32)c2ccccc21. The van der Waals surface area contributed by atoms with Gasteiger partial charge in [-0.05, 0) is 114 Å². The molecule has 10 rings (SSSR count). The molecular formula is C50H37NS. The Kier molecular flexibility index (Phi) is 7.00. The zero-order valence-electron chi connectivity index (χ0n) is 29.3. The van der Waals surface area contributed by atoms with Crippen molar-refractivity contribution >= 4 is 10.0 Å². The van der Waals surface area contributed by atoms with Gasteiger partial charge in [0.15, 0.2) is 0 Å². The molecule has 1 aliphatic heterocycles. The minimum absolute atomic E-state index is 0.378. The van der Waals surface area contributed by atoms with E-state index in [4.69, 9.17) is 4.98 Å². The van der Waals surface area contributed by atoms with E-state index in [1.165, 1.54) is 59.9 Å². The van der Waals surface area contributed by atoms with E-state index in [2.05, 4.69) is 201 Å². The van der Waals surface area contributed by atoms with Crippen molar-refractivity contribution in [3.8, 4) is 55.9 Å². The third-order valence-electron chi connectivity index (χ3n) is 11.2. The molecule has 0 saturated carbocycles. The first-order chi connectivity index (χ1) is 25.5. The van der Waals surface area contributed by atoms with Gasteiger partial charge < -0.3 is 0 Å². The summed E-state index contributed by atoms with van der Waals surface area (Å²) in [5.41, 5.74) is 16.7. The van der Waals surface area contributed by atoms with Crippen molar-refractivity contribution in [1.82, 2.24) is 4.98 Å². The predicted octanol–water partition coefficient (Wildman–Crippen LogP) is 12.9. The van der Waals surface area contributed by atoms with Crippen molar-refractivity contribution < 1.29 is 0 Å². The van der Waals surface area contributed by atoms with Crippen LogP contribution in [0.15, 0.2) is 198 Å². The van der Waals surface area contributed by atoms with Gasteiger partial charge in [-0.25, -0.2) is 4.98 Å². The minimum Gasteiger partial charge on any atom is -0.248 e. The second kappa shape index (κ2) is 11.8. The molecule has 0 unspecified atom stereocenters. The number of aromatic nitrogens is 1. The van der Waals surface area contributed by atoms with Crippen LogP contribution in [0, 0.1) is 0 Å². The normalized spacial score (nSPS) is 14.9. The maximum absolute atomic E-state index is 5.28. The zero-order valence-corrected chi connectivity index (χ0v) is 30.1. The van der Waals surface area contributed by atoms with Crippen LogP contribution in [-0.2, 0) is 5.41 Å². The molecular weight excluding hydrogens is 647 g/mol. The van der Waals surface area contributed by atoms with Gasteiger partial charge in [-0.2, -0.15) is 10.0 Å². The molecule has 2 heteroatoms. The van der Waals surface area contributed by atoms with Gasteiger partial charge in [0.25, 0.3) is 0 Å². The van der Waals surface area contributed by atoms with Gasteiger partial charge in [-0.15, -0.1) is 0 Å². The molecule has 2 aliphatic rings. The number of pyridine rings is 1. The fraction of sp³-hybridized carbons (Fsp3) is 0.0600. The third-order valence-corrected chi connectivity index (χ3v) is 14.1. The van der Waals surface area contributed by atoms with Crippen LogP contribution in [0.4, 0.5) is 0 Å².